The molecule has 1 aliphatic rings. The second kappa shape index (κ2) is 8.65. The minimum absolute atomic E-state index is 0.0307. The van der Waals surface area contributed by atoms with Crippen LogP contribution in [0.15, 0.2) is 89.4 Å². The molecule has 5 nitrogen and oxygen atoms in total. The van der Waals surface area contributed by atoms with Gasteiger partial charge in [0.05, 0.1) is 7.11 Å². The quantitative estimate of drug-likeness (QED) is 0.429. The summed E-state index contributed by atoms with van der Waals surface area (Å²) in [7, 11) is 1.24. The molecule has 1 fully saturated rings. The van der Waals surface area contributed by atoms with Gasteiger partial charge in [0.15, 0.2) is 5.78 Å². The Kier molecular flexibility index (Phi) is 5.94. The predicted octanol–water partition coefficient (Wildman–Crippen LogP) is 4.56. The van der Waals surface area contributed by atoms with Crippen LogP contribution in [0.2, 0.25) is 0 Å². The van der Waals surface area contributed by atoms with Crippen LogP contribution in [0.1, 0.15) is 28.3 Å². The Bertz CT molecular complexity index is 1070. The van der Waals surface area contributed by atoms with E-state index in [0.717, 1.165) is 10.0 Å². The summed E-state index contributed by atoms with van der Waals surface area (Å²) in [4.78, 5) is 28.1. The van der Waals surface area contributed by atoms with Crippen molar-refractivity contribution in [2.45, 2.75) is 24.1 Å². The third-order valence-corrected chi connectivity index (χ3v) is 6.26. The van der Waals surface area contributed by atoms with Crippen LogP contribution in [0.3, 0.4) is 0 Å². The minimum Gasteiger partial charge on any atom is -0.465 e. The highest BCUT2D eigenvalue weighted by Crippen LogP contribution is 2.47. The van der Waals surface area contributed by atoms with Crippen LogP contribution < -0.4 is 4.90 Å². The van der Waals surface area contributed by atoms with E-state index < -0.39 is 23.7 Å². The lowest BCUT2D eigenvalue weighted by Gasteiger charge is -2.36. The number of carbonyl (C=O) groups excluding carboxylic acids is 2. The molecule has 0 spiro atoms. The smallest absolute Gasteiger partial charge is 0.359 e. The maximum absolute atomic E-state index is 13.8. The van der Waals surface area contributed by atoms with Crippen molar-refractivity contribution in [3.8, 4) is 0 Å². The molecule has 4 rings (SSSR count). The van der Waals surface area contributed by atoms with Gasteiger partial charge in [-0.3, -0.25) is 4.79 Å². The van der Waals surface area contributed by atoms with Crippen LogP contribution >= 0.6 is 15.9 Å². The van der Waals surface area contributed by atoms with Crippen molar-refractivity contribution >= 4 is 33.4 Å². The van der Waals surface area contributed by atoms with Crippen LogP contribution in [0, 0.1) is 0 Å². The SMILES string of the molecule is COC(=O)C1(O)CC(c2ccccc2)C(C(=O)c2ccccc2)N1c1ccc(Br)cc1. The fourth-order valence-corrected chi connectivity index (χ4v) is 4.59. The number of hydrogen-bond donors (Lipinski definition) is 1. The van der Waals surface area contributed by atoms with Crippen molar-refractivity contribution in [2.24, 2.45) is 0 Å². The fraction of sp³-hybridized carbons (Fsp3) is 0.200. The number of Topliss-reactive ketones (excluding diaryl/α,β-unsaturated/α-hetero) is 1. The molecule has 0 radical (unpaired) electrons. The molecule has 1 saturated heterocycles. The molecule has 0 aromatic heterocycles. The van der Waals surface area contributed by atoms with Gasteiger partial charge in [-0.1, -0.05) is 76.6 Å². The minimum atomic E-state index is -1.99. The van der Waals surface area contributed by atoms with Crippen molar-refractivity contribution < 1.29 is 19.4 Å². The molecule has 6 heteroatoms. The monoisotopic (exact) mass is 479 g/mol. The molecule has 1 N–H and O–H groups in total. The van der Waals surface area contributed by atoms with Crippen LogP contribution in [0.25, 0.3) is 0 Å². The second-order valence-electron chi connectivity index (χ2n) is 7.55. The van der Waals surface area contributed by atoms with Crippen molar-refractivity contribution in [3.05, 3.63) is 101 Å². The Hall–Kier alpha value is -2.96. The molecular weight excluding hydrogens is 458 g/mol. The average molecular weight is 480 g/mol. The number of hydrogen-bond acceptors (Lipinski definition) is 5. The zero-order chi connectivity index (χ0) is 22.0. The number of ether oxygens (including phenoxy) is 1. The van der Waals surface area contributed by atoms with E-state index in [1.165, 1.54) is 12.0 Å². The molecule has 0 amide bonds. The van der Waals surface area contributed by atoms with Gasteiger partial charge >= 0.3 is 5.97 Å². The summed E-state index contributed by atoms with van der Waals surface area (Å²) in [6.07, 6.45) is 0.0307. The van der Waals surface area contributed by atoms with E-state index in [0.29, 0.717) is 11.3 Å². The lowest BCUT2D eigenvalue weighted by atomic mass is 9.86. The van der Waals surface area contributed by atoms with E-state index in [1.54, 1.807) is 36.4 Å². The van der Waals surface area contributed by atoms with E-state index in [4.69, 9.17) is 4.74 Å². The Labute approximate surface area is 189 Å². The molecule has 0 bridgehead atoms. The highest BCUT2D eigenvalue weighted by molar-refractivity contribution is 9.10. The first-order valence-electron chi connectivity index (χ1n) is 9.95. The van der Waals surface area contributed by atoms with E-state index in [2.05, 4.69) is 15.9 Å². The van der Waals surface area contributed by atoms with E-state index in [1.807, 2.05) is 48.5 Å². The van der Waals surface area contributed by atoms with Crippen LogP contribution in [0.5, 0.6) is 0 Å². The normalized spacial score (nSPS) is 22.9. The number of methoxy groups -OCH3 is 1. The third kappa shape index (κ3) is 3.89. The zero-order valence-electron chi connectivity index (χ0n) is 16.9. The third-order valence-electron chi connectivity index (χ3n) is 5.73. The number of halogens is 1. The molecule has 3 atom stereocenters. The topological polar surface area (TPSA) is 66.8 Å². The summed E-state index contributed by atoms with van der Waals surface area (Å²) in [5, 5.41) is 11.6. The number of carbonyl (C=O) groups is 2. The predicted molar refractivity (Wildman–Crippen MR) is 122 cm³/mol. The number of nitrogens with zero attached hydrogens (tertiary/aromatic N) is 1. The van der Waals surface area contributed by atoms with Gasteiger partial charge in [0, 0.05) is 28.1 Å². The average Bonchev–Trinajstić information content (AvgIpc) is 3.14. The van der Waals surface area contributed by atoms with Crippen molar-refractivity contribution in [1.29, 1.82) is 0 Å². The summed E-state index contributed by atoms with van der Waals surface area (Å²) in [6.45, 7) is 0. The molecule has 0 saturated carbocycles. The lowest BCUT2D eigenvalue weighted by molar-refractivity contribution is -0.161. The molecule has 1 aliphatic heterocycles. The first-order chi connectivity index (χ1) is 15.0. The zero-order valence-corrected chi connectivity index (χ0v) is 18.5. The van der Waals surface area contributed by atoms with Gasteiger partial charge in [-0.25, -0.2) is 4.79 Å². The lowest BCUT2D eigenvalue weighted by Crippen LogP contribution is -2.55. The number of benzene rings is 3. The van der Waals surface area contributed by atoms with E-state index in [9.17, 15) is 14.7 Å². The molecule has 31 heavy (non-hydrogen) atoms. The van der Waals surface area contributed by atoms with Crippen molar-refractivity contribution in [2.75, 3.05) is 12.0 Å². The van der Waals surface area contributed by atoms with E-state index in [-0.39, 0.29) is 12.2 Å². The second-order valence-corrected chi connectivity index (χ2v) is 8.47. The standard InChI is InChI=1S/C25H22BrNO4/c1-31-24(29)25(30)16-21(17-8-4-2-5-9-17)22(23(28)18-10-6-3-7-11-18)27(25)20-14-12-19(26)13-15-20/h2-15,21-22,30H,16H2,1H3. The van der Waals surface area contributed by atoms with E-state index >= 15 is 0 Å². The molecule has 1 heterocycles. The Morgan fingerprint density at radius 3 is 2.13 bits per heavy atom. The molecule has 3 aromatic rings. The van der Waals surface area contributed by atoms with Gasteiger partial charge in [0.1, 0.15) is 6.04 Å². The van der Waals surface area contributed by atoms with Crippen molar-refractivity contribution in [1.82, 2.24) is 0 Å². The summed E-state index contributed by atoms with van der Waals surface area (Å²) >= 11 is 3.41. The van der Waals surface area contributed by atoms with Crippen molar-refractivity contribution in [3.63, 3.8) is 0 Å². The number of ketones is 1. The molecule has 3 aromatic carbocycles. The first-order valence-corrected chi connectivity index (χ1v) is 10.7. The summed E-state index contributed by atoms with van der Waals surface area (Å²) in [6, 6.07) is 24.8. The summed E-state index contributed by atoms with van der Waals surface area (Å²) < 4.78 is 5.83. The highest BCUT2D eigenvalue weighted by atomic mass is 79.9. The number of rotatable bonds is 5. The maximum Gasteiger partial charge on any atom is 0.359 e. The molecule has 3 unspecified atom stereocenters. The Morgan fingerprint density at radius 1 is 0.968 bits per heavy atom. The highest BCUT2D eigenvalue weighted by Gasteiger charge is 2.59. The summed E-state index contributed by atoms with van der Waals surface area (Å²) in [5.41, 5.74) is -0.0368. The largest absolute Gasteiger partial charge is 0.465 e. The first kappa shape index (κ1) is 21.3. The van der Waals surface area contributed by atoms with Crippen LogP contribution in [-0.2, 0) is 9.53 Å². The molecule has 0 aliphatic carbocycles. The van der Waals surface area contributed by atoms with Crippen LogP contribution in [-0.4, -0.2) is 35.7 Å². The molecular formula is C25H22BrNO4. The van der Waals surface area contributed by atoms with Gasteiger partial charge in [0.2, 0.25) is 5.72 Å². The maximum atomic E-state index is 13.8. The van der Waals surface area contributed by atoms with Gasteiger partial charge in [-0.05, 0) is 29.8 Å². The number of esters is 1. The van der Waals surface area contributed by atoms with Gasteiger partial charge in [-0.15, -0.1) is 0 Å². The van der Waals surface area contributed by atoms with Gasteiger partial charge in [-0.2, -0.15) is 0 Å². The van der Waals surface area contributed by atoms with Crippen LogP contribution in [0.4, 0.5) is 5.69 Å². The van der Waals surface area contributed by atoms with Gasteiger partial charge < -0.3 is 14.7 Å². The molecule has 158 valence electrons. The Morgan fingerprint density at radius 2 is 1.55 bits per heavy atom. The Balaban J connectivity index is 1.91. The fourth-order valence-electron chi connectivity index (χ4n) is 4.32. The van der Waals surface area contributed by atoms with Gasteiger partial charge in [0.25, 0.3) is 0 Å². The number of anilines is 1. The summed E-state index contributed by atoms with van der Waals surface area (Å²) in [5.74, 6) is -1.38. The number of aliphatic hydroxyl groups is 1.